The van der Waals surface area contributed by atoms with E-state index in [4.69, 9.17) is 4.74 Å². The minimum atomic E-state index is -0.845. The molecule has 3 aromatic rings. The van der Waals surface area contributed by atoms with Gasteiger partial charge < -0.3 is 14.2 Å². The molecule has 1 aliphatic rings. The molecule has 3 heterocycles. The number of aromatic nitrogens is 3. The van der Waals surface area contributed by atoms with Gasteiger partial charge in [-0.1, -0.05) is 6.07 Å². The number of pyridine rings is 1. The van der Waals surface area contributed by atoms with Crippen molar-refractivity contribution >= 4 is 16.9 Å². The molecule has 0 N–H and O–H groups in total. The lowest BCUT2D eigenvalue weighted by molar-refractivity contribution is 0.117. The molecule has 1 unspecified atom stereocenters. The van der Waals surface area contributed by atoms with E-state index in [-0.39, 0.29) is 36.1 Å². The number of ether oxygens (including phenoxy) is 1. The summed E-state index contributed by atoms with van der Waals surface area (Å²) in [5, 5.41) is 9.18. The molecule has 0 spiro atoms. The summed E-state index contributed by atoms with van der Waals surface area (Å²) in [6.07, 6.45) is 0.0528. The lowest BCUT2D eigenvalue weighted by Crippen LogP contribution is -2.57. The first-order chi connectivity index (χ1) is 16.6. The number of methoxy groups -OCH3 is 1. The maximum Gasteiger partial charge on any atom is 0.290 e. The number of rotatable bonds is 5. The monoisotopic (exact) mass is 484 g/mol. The molecule has 0 amide bonds. The Morgan fingerprint density at radius 2 is 1.91 bits per heavy atom. The fourth-order valence-electron chi connectivity index (χ4n) is 5.23. The number of piperazine rings is 1. The number of benzene rings is 1. The summed E-state index contributed by atoms with van der Waals surface area (Å²) in [4.78, 5) is 21.5. The molecule has 0 bridgehead atoms. The van der Waals surface area contributed by atoms with E-state index in [0.717, 1.165) is 5.56 Å². The molecular weight excluding hydrogens is 454 g/mol. The van der Waals surface area contributed by atoms with Crippen LogP contribution in [0.5, 0.6) is 5.75 Å². The molecule has 0 saturated carbocycles. The van der Waals surface area contributed by atoms with Gasteiger partial charge in [0.1, 0.15) is 34.2 Å². The normalized spacial score (nSPS) is 19.7. The van der Waals surface area contributed by atoms with Gasteiger partial charge in [-0.2, -0.15) is 9.65 Å². The first kappa shape index (κ1) is 24.7. The van der Waals surface area contributed by atoms with Gasteiger partial charge in [0.2, 0.25) is 5.82 Å². The highest BCUT2D eigenvalue weighted by atomic mass is 19.1. The molecule has 4 rings (SSSR count). The van der Waals surface area contributed by atoms with Crippen LogP contribution in [0.3, 0.4) is 0 Å². The van der Waals surface area contributed by atoms with Gasteiger partial charge in [0.15, 0.2) is 0 Å². The quantitative estimate of drug-likeness (QED) is 0.553. The van der Waals surface area contributed by atoms with Crippen LogP contribution in [-0.4, -0.2) is 51.3 Å². The number of hydrogen-bond donors (Lipinski definition) is 0. The Morgan fingerprint density at radius 1 is 1.20 bits per heavy atom. The number of nitriles is 1. The highest BCUT2D eigenvalue weighted by Gasteiger charge is 2.36. The second kappa shape index (κ2) is 9.30. The maximum atomic E-state index is 15.5. The van der Waals surface area contributed by atoms with Crippen molar-refractivity contribution in [3.05, 3.63) is 51.6 Å². The third-order valence-electron chi connectivity index (χ3n) is 7.10. The van der Waals surface area contributed by atoms with E-state index >= 15 is 4.39 Å². The summed E-state index contributed by atoms with van der Waals surface area (Å²) in [6, 6.07) is 6.37. The Kier molecular flexibility index (Phi) is 6.56. The van der Waals surface area contributed by atoms with Crippen LogP contribution in [0.1, 0.15) is 38.2 Å². The summed E-state index contributed by atoms with van der Waals surface area (Å²) in [7, 11) is 4.76. The second-order valence-corrected chi connectivity index (χ2v) is 9.23. The molecule has 1 aliphatic heterocycles. The van der Waals surface area contributed by atoms with Crippen LogP contribution in [0.2, 0.25) is 0 Å². The van der Waals surface area contributed by atoms with E-state index in [1.807, 2.05) is 25.7 Å². The topological polar surface area (TPSA) is 79.3 Å². The summed E-state index contributed by atoms with van der Waals surface area (Å²) < 4.78 is 37.6. The molecule has 3 atom stereocenters. The van der Waals surface area contributed by atoms with Crippen LogP contribution in [0.25, 0.3) is 11.2 Å². The molecule has 8 nitrogen and oxygen atoms in total. The Balaban J connectivity index is 1.74. The van der Waals surface area contributed by atoms with Crippen molar-refractivity contribution in [2.45, 2.75) is 45.3 Å². The largest absolute Gasteiger partial charge is 0.496 e. The van der Waals surface area contributed by atoms with Gasteiger partial charge in [-0.05, 0) is 26.8 Å². The van der Waals surface area contributed by atoms with E-state index in [2.05, 4.69) is 16.0 Å². The van der Waals surface area contributed by atoms with E-state index < -0.39 is 11.4 Å². The van der Waals surface area contributed by atoms with Crippen molar-refractivity contribution in [3.8, 4) is 11.8 Å². The molecular formula is C25H30F2N6O2. The van der Waals surface area contributed by atoms with E-state index in [9.17, 15) is 14.4 Å². The summed E-state index contributed by atoms with van der Waals surface area (Å²) in [6.45, 7) is 7.10. The van der Waals surface area contributed by atoms with Crippen LogP contribution in [-0.2, 0) is 20.5 Å². The van der Waals surface area contributed by atoms with Gasteiger partial charge in [-0.25, -0.2) is 9.37 Å². The number of imidazole rings is 1. The lowest BCUT2D eigenvalue weighted by Gasteiger charge is -2.47. The smallest absolute Gasteiger partial charge is 0.290 e. The SMILES string of the molecule is COc1cc(F)ccc1C(C)N1C[C@H](C)N(c2c(F)c(=O)n(C)c3c2nc(CC#N)n3C)C[C@H]1C. The van der Waals surface area contributed by atoms with Gasteiger partial charge in [0.25, 0.3) is 5.56 Å². The summed E-state index contributed by atoms with van der Waals surface area (Å²) in [5.41, 5.74) is 1.16. The molecule has 35 heavy (non-hydrogen) atoms. The molecule has 0 radical (unpaired) electrons. The molecule has 1 aromatic carbocycles. The Labute approximate surface area is 202 Å². The zero-order valence-corrected chi connectivity index (χ0v) is 20.8. The van der Waals surface area contributed by atoms with Crippen LogP contribution < -0.4 is 15.2 Å². The minimum Gasteiger partial charge on any atom is -0.496 e. The third-order valence-corrected chi connectivity index (χ3v) is 7.10. The fourth-order valence-corrected chi connectivity index (χ4v) is 5.23. The first-order valence-electron chi connectivity index (χ1n) is 11.6. The Bertz CT molecular complexity index is 1380. The van der Waals surface area contributed by atoms with Gasteiger partial charge in [-0.3, -0.25) is 14.3 Å². The fraction of sp³-hybridized carbons (Fsp3) is 0.480. The van der Waals surface area contributed by atoms with Gasteiger partial charge in [0, 0.05) is 56.9 Å². The zero-order chi connectivity index (χ0) is 25.6. The average molecular weight is 485 g/mol. The van der Waals surface area contributed by atoms with Gasteiger partial charge in [0.05, 0.1) is 19.6 Å². The number of aryl methyl sites for hydroxylation is 2. The molecule has 10 heteroatoms. The van der Waals surface area contributed by atoms with Crippen molar-refractivity contribution in [1.29, 1.82) is 5.26 Å². The van der Waals surface area contributed by atoms with Crippen LogP contribution >= 0.6 is 0 Å². The van der Waals surface area contributed by atoms with Crippen LogP contribution in [0.15, 0.2) is 23.0 Å². The average Bonchev–Trinajstić information content (AvgIpc) is 3.15. The second-order valence-electron chi connectivity index (χ2n) is 9.23. The number of anilines is 1. The number of fused-ring (bicyclic) bond motifs is 1. The summed E-state index contributed by atoms with van der Waals surface area (Å²) >= 11 is 0. The summed E-state index contributed by atoms with van der Waals surface area (Å²) in [5.74, 6) is -0.249. The molecule has 2 aromatic heterocycles. The Hall–Kier alpha value is -3.45. The molecule has 1 fully saturated rings. The number of hydrogen-bond acceptors (Lipinski definition) is 6. The maximum absolute atomic E-state index is 15.5. The van der Waals surface area contributed by atoms with Crippen LogP contribution in [0, 0.1) is 23.0 Å². The van der Waals surface area contributed by atoms with Crippen molar-refractivity contribution < 1.29 is 13.5 Å². The van der Waals surface area contributed by atoms with Crippen molar-refractivity contribution in [2.75, 3.05) is 25.1 Å². The number of nitrogens with zero attached hydrogens (tertiary/aromatic N) is 6. The lowest BCUT2D eigenvalue weighted by atomic mass is 9.99. The van der Waals surface area contributed by atoms with Gasteiger partial charge >= 0.3 is 0 Å². The third kappa shape index (κ3) is 4.04. The zero-order valence-electron chi connectivity index (χ0n) is 20.8. The van der Waals surface area contributed by atoms with Gasteiger partial charge in [-0.15, -0.1) is 0 Å². The molecule has 1 saturated heterocycles. The predicted molar refractivity (Wildman–Crippen MR) is 130 cm³/mol. The number of halogens is 2. The standard InChI is InChI=1S/C25H30F2N6O2/c1-14-13-33(15(2)12-32(14)16(3)18-8-7-17(26)11-19(18)35-6)23-21(27)25(34)31(5)24-22(23)29-20(9-10-28)30(24)4/h7-8,11,14-16H,9,12-13H2,1-6H3/t14-,15+,16?/m1/s1. The first-order valence-corrected chi connectivity index (χ1v) is 11.6. The minimum absolute atomic E-state index is 0.0169. The highest BCUT2D eigenvalue weighted by Crippen LogP contribution is 2.36. The Morgan fingerprint density at radius 3 is 2.57 bits per heavy atom. The molecule has 0 aliphatic carbocycles. The molecule has 186 valence electrons. The predicted octanol–water partition coefficient (Wildman–Crippen LogP) is 3.29. The van der Waals surface area contributed by atoms with E-state index in [0.29, 0.717) is 35.8 Å². The van der Waals surface area contributed by atoms with Crippen LogP contribution in [0.4, 0.5) is 14.5 Å². The van der Waals surface area contributed by atoms with Crippen molar-refractivity contribution in [1.82, 2.24) is 19.0 Å². The van der Waals surface area contributed by atoms with E-state index in [1.165, 1.54) is 30.9 Å². The highest BCUT2D eigenvalue weighted by molar-refractivity contribution is 5.87. The van der Waals surface area contributed by atoms with Crippen molar-refractivity contribution in [3.63, 3.8) is 0 Å². The van der Waals surface area contributed by atoms with E-state index in [1.54, 1.807) is 17.7 Å². The van der Waals surface area contributed by atoms with Crippen molar-refractivity contribution in [2.24, 2.45) is 14.1 Å².